The number of hydrogen-bond donors (Lipinski definition) is 0. The van der Waals surface area contributed by atoms with Crippen LogP contribution in [0.15, 0.2) is 61.2 Å². The van der Waals surface area contributed by atoms with E-state index in [0.717, 1.165) is 55.4 Å². The van der Waals surface area contributed by atoms with Crippen molar-refractivity contribution in [1.82, 2.24) is 0 Å². The molecule has 0 atom stereocenters. The Hall–Kier alpha value is -3.96. The van der Waals surface area contributed by atoms with Gasteiger partial charge in [-0.15, -0.1) is 0 Å². The molecule has 0 aromatic heterocycles. The maximum atomic E-state index is 12.2. The molecule has 0 amide bonds. The average Bonchev–Trinajstić information content (AvgIpc) is 3.03. The quantitative estimate of drug-likeness (QED) is 0.0481. The van der Waals surface area contributed by atoms with Crippen LogP contribution in [0.25, 0.3) is 11.1 Å². The van der Waals surface area contributed by atoms with E-state index >= 15 is 0 Å². The van der Waals surface area contributed by atoms with Gasteiger partial charge in [-0.25, -0.2) is 4.79 Å². The van der Waals surface area contributed by atoms with Crippen LogP contribution in [0, 0.1) is 23.7 Å². The van der Waals surface area contributed by atoms with Crippen molar-refractivity contribution < 1.29 is 23.8 Å². The molecular weight excluding hydrogens is 536 g/mol. The molecule has 0 aliphatic carbocycles. The molecule has 0 heterocycles. The van der Waals surface area contributed by atoms with Gasteiger partial charge >= 0.3 is 11.9 Å². The summed E-state index contributed by atoms with van der Waals surface area (Å²) in [6.07, 6.45) is 16.9. The normalized spacial score (nSPS) is 10.1. The van der Waals surface area contributed by atoms with Crippen molar-refractivity contribution in [3.05, 3.63) is 61.2 Å². The third-order valence-electron chi connectivity index (χ3n) is 6.84. The lowest BCUT2D eigenvalue weighted by Crippen LogP contribution is -2.06. The van der Waals surface area contributed by atoms with E-state index in [0.29, 0.717) is 25.4 Å². The van der Waals surface area contributed by atoms with E-state index in [1.54, 1.807) is 12.1 Å². The second kappa shape index (κ2) is 23.6. The standard InChI is InChI=1S/C38H48O5/c1-3-5-6-7-8-9-10-11-12-13-14-15-16-19-22-38(40)43-36-29-25-34(26-30-36)33-23-27-35(28-24-33)41-31-20-17-18-21-32-42-37(39)4-2/h4,23-30H,2-3,5-12,17-22,31-32H2,1H3. The van der Waals surface area contributed by atoms with Gasteiger partial charge in [0.25, 0.3) is 0 Å². The summed E-state index contributed by atoms with van der Waals surface area (Å²) in [6, 6.07) is 15.4. The Balaban J connectivity index is 1.58. The summed E-state index contributed by atoms with van der Waals surface area (Å²) >= 11 is 0. The number of carbonyl (C=O) groups excluding carboxylic acids is 2. The highest BCUT2D eigenvalue weighted by atomic mass is 16.5. The summed E-state index contributed by atoms with van der Waals surface area (Å²) < 4.78 is 16.3. The van der Waals surface area contributed by atoms with E-state index in [1.807, 2.05) is 36.4 Å². The highest BCUT2D eigenvalue weighted by Gasteiger charge is 2.05. The monoisotopic (exact) mass is 584 g/mol. The zero-order valence-corrected chi connectivity index (χ0v) is 26.0. The smallest absolute Gasteiger partial charge is 0.330 e. The Kier molecular flexibility index (Phi) is 19.3. The molecule has 0 saturated heterocycles. The lowest BCUT2D eigenvalue weighted by Gasteiger charge is -2.08. The van der Waals surface area contributed by atoms with Gasteiger partial charge in [0.15, 0.2) is 0 Å². The van der Waals surface area contributed by atoms with Crippen LogP contribution in [0.3, 0.4) is 0 Å². The van der Waals surface area contributed by atoms with Gasteiger partial charge in [-0.05, 0) is 79.3 Å². The summed E-state index contributed by atoms with van der Waals surface area (Å²) in [5.41, 5.74) is 2.08. The zero-order chi connectivity index (χ0) is 30.8. The van der Waals surface area contributed by atoms with Crippen LogP contribution in [-0.2, 0) is 14.3 Å². The Morgan fingerprint density at radius 1 is 0.674 bits per heavy atom. The van der Waals surface area contributed by atoms with Crippen molar-refractivity contribution in [2.75, 3.05) is 13.2 Å². The maximum absolute atomic E-state index is 12.2. The molecule has 0 bridgehead atoms. The first kappa shape index (κ1) is 35.2. The number of esters is 2. The van der Waals surface area contributed by atoms with Gasteiger partial charge in [-0.3, -0.25) is 4.79 Å². The van der Waals surface area contributed by atoms with Gasteiger partial charge in [-0.2, -0.15) is 0 Å². The second-order valence-corrected chi connectivity index (χ2v) is 10.5. The second-order valence-electron chi connectivity index (χ2n) is 10.5. The molecule has 0 saturated carbocycles. The first-order valence-electron chi connectivity index (χ1n) is 15.9. The molecule has 0 unspecified atom stereocenters. The van der Waals surface area contributed by atoms with Crippen molar-refractivity contribution in [2.24, 2.45) is 0 Å². The number of rotatable bonds is 21. The van der Waals surface area contributed by atoms with Gasteiger partial charge in [0.2, 0.25) is 0 Å². The average molecular weight is 585 g/mol. The lowest BCUT2D eigenvalue weighted by atomic mass is 10.1. The molecule has 2 aromatic rings. The minimum absolute atomic E-state index is 0.237. The van der Waals surface area contributed by atoms with Crippen LogP contribution in [0.4, 0.5) is 0 Å². The molecule has 0 aliphatic heterocycles. The Labute approximate surface area is 259 Å². The Morgan fingerprint density at radius 3 is 1.84 bits per heavy atom. The number of ether oxygens (including phenoxy) is 3. The van der Waals surface area contributed by atoms with E-state index in [9.17, 15) is 9.59 Å². The largest absolute Gasteiger partial charge is 0.494 e. The van der Waals surface area contributed by atoms with E-state index in [2.05, 4.69) is 37.2 Å². The SMILES string of the molecule is C=CC(=O)OCCCCCCOc1ccc(-c2ccc(OC(=O)CCC#CC#CCCCCCCCCCC)cc2)cc1. The fraction of sp³-hybridized carbons (Fsp3) is 0.474. The predicted octanol–water partition coefficient (Wildman–Crippen LogP) is 9.25. The van der Waals surface area contributed by atoms with Crippen LogP contribution in [0.5, 0.6) is 11.5 Å². The highest BCUT2D eigenvalue weighted by Crippen LogP contribution is 2.25. The number of unbranched alkanes of at least 4 members (excludes halogenated alkanes) is 11. The van der Waals surface area contributed by atoms with Crippen molar-refractivity contribution >= 4 is 11.9 Å². The fourth-order valence-electron chi connectivity index (χ4n) is 4.35. The van der Waals surface area contributed by atoms with Crippen LogP contribution in [0.1, 0.15) is 103 Å². The Morgan fingerprint density at radius 2 is 1.21 bits per heavy atom. The minimum Gasteiger partial charge on any atom is -0.494 e. The predicted molar refractivity (Wildman–Crippen MR) is 175 cm³/mol. The summed E-state index contributed by atoms with van der Waals surface area (Å²) in [7, 11) is 0. The molecule has 5 heteroatoms. The van der Waals surface area contributed by atoms with Gasteiger partial charge < -0.3 is 14.2 Å². The highest BCUT2D eigenvalue weighted by molar-refractivity contribution is 5.81. The number of carbonyl (C=O) groups is 2. The molecule has 0 spiro atoms. The van der Waals surface area contributed by atoms with Gasteiger partial charge in [-0.1, -0.05) is 94.6 Å². The van der Waals surface area contributed by atoms with Crippen LogP contribution in [-0.4, -0.2) is 25.2 Å². The molecule has 0 aliphatic rings. The summed E-state index contributed by atoms with van der Waals surface area (Å²) in [5.74, 6) is 12.5. The molecular formula is C38H48O5. The molecule has 230 valence electrons. The summed E-state index contributed by atoms with van der Waals surface area (Å²) in [4.78, 5) is 23.2. The van der Waals surface area contributed by atoms with Gasteiger partial charge in [0, 0.05) is 18.9 Å². The fourth-order valence-corrected chi connectivity index (χ4v) is 4.35. The number of benzene rings is 2. The van der Waals surface area contributed by atoms with Crippen LogP contribution < -0.4 is 9.47 Å². The summed E-state index contributed by atoms with van der Waals surface area (Å²) in [5, 5.41) is 0. The molecule has 0 fully saturated rings. The van der Waals surface area contributed by atoms with E-state index < -0.39 is 0 Å². The van der Waals surface area contributed by atoms with Crippen molar-refractivity contribution in [3.8, 4) is 46.3 Å². The van der Waals surface area contributed by atoms with Crippen molar-refractivity contribution in [3.63, 3.8) is 0 Å². The van der Waals surface area contributed by atoms with Crippen LogP contribution in [0.2, 0.25) is 0 Å². The van der Waals surface area contributed by atoms with Crippen molar-refractivity contribution in [2.45, 2.75) is 103 Å². The van der Waals surface area contributed by atoms with Gasteiger partial charge in [0.05, 0.1) is 19.6 Å². The maximum Gasteiger partial charge on any atom is 0.330 e. The van der Waals surface area contributed by atoms with Crippen LogP contribution >= 0.6 is 0 Å². The third kappa shape index (κ3) is 17.6. The lowest BCUT2D eigenvalue weighted by molar-refractivity contribution is -0.138. The van der Waals surface area contributed by atoms with E-state index in [4.69, 9.17) is 14.2 Å². The molecule has 0 N–H and O–H groups in total. The van der Waals surface area contributed by atoms with Gasteiger partial charge in [0.1, 0.15) is 11.5 Å². The van der Waals surface area contributed by atoms with E-state index in [1.165, 1.54) is 51.0 Å². The topological polar surface area (TPSA) is 61.8 Å². The molecule has 2 rings (SSSR count). The molecule has 43 heavy (non-hydrogen) atoms. The molecule has 0 radical (unpaired) electrons. The Bertz CT molecular complexity index is 1190. The minimum atomic E-state index is -0.371. The third-order valence-corrected chi connectivity index (χ3v) is 6.84. The zero-order valence-electron chi connectivity index (χ0n) is 26.0. The van der Waals surface area contributed by atoms with Crippen molar-refractivity contribution in [1.29, 1.82) is 0 Å². The summed E-state index contributed by atoms with van der Waals surface area (Å²) in [6.45, 7) is 6.70. The van der Waals surface area contributed by atoms with E-state index in [-0.39, 0.29) is 18.4 Å². The first-order valence-corrected chi connectivity index (χ1v) is 15.9. The first-order chi connectivity index (χ1) is 21.1. The molecule has 2 aromatic carbocycles. The number of hydrogen-bond acceptors (Lipinski definition) is 5. The molecule has 5 nitrogen and oxygen atoms in total.